The van der Waals surface area contributed by atoms with Crippen LogP contribution in [-0.4, -0.2) is 30.3 Å². The molecule has 0 aromatic rings. The molecule has 63 valence electrons. The lowest BCUT2D eigenvalue weighted by Crippen LogP contribution is -2.32. The van der Waals surface area contributed by atoms with Gasteiger partial charge in [0.2, 0.25) is 5.91 Å². The van der Waals surface area contributed by atoms with E-state index in [9.17, 15) is 9.59 Å². The first-order valence-corrected chi connectivity index (χ1v) is 3.56. The van der Waals surface area contributed by atoms with Crippen molar-refractivity contribution >= 4 is 11.8 Å². The summed E-state index contributed by atoms with van der Waals surface area (Å²) >= 11 is 0. The molecule has 0 saturated heterocycles. The molecule has 0 aliphatic rings. The van der Waals surface area contributed by atoms with E-state index < -0.39 is 5.91 Å². The standard InChI is InChI=1S/C7H13N2O2/c1-3-4-7(11)9(2)5-6(8)10/h8H,3-5H2,1-2H3. The molecule has 1 radical (unpaired) electrons. The molecule has 0 atom stereocenters. The number of hydrogen-bond acceptors (Lipinski definition) is 2. The van der Waals surface area contributed by atoms with Crippen LogP contribution in [0.2, 0.25) is 0 Å². The first-order valence-electron chi connectivity index (χ1n) is 3.56. The lowest BCUT2D eigenvalue weighted by Gasteiger charge is -2.13. The van der Waals surface area contributed by atoms with Crippen LogP contribution in [0.3, 0.4) is 0 Å². The molecule has 0 fully saturated rings. The third kappa shape index (κ3) is 4.36. The summed E-state index contributed by atoms with van der Waals surface area (Å²) in [6.45, 7) is 1.80. The highest BCUT2D eigenvalue weighted by molar-refractivity contribution is 5.83. The summed E-state index contributed by atoms with van der Waals surface area (Å²) in [6, 6.07) is 0. The third-order valence-corrected chi connectivity index (χ3v) is 1.27. The average Bonchev–Trinajstić information content (AvgIpc) is 1.86. The molecule has 0 heterocycles. The first kappa shape index (κ1) is 9.94. The normalized spacial score (nSPS) is 9.27. The largest absolute Gasteiger partial charge is 0.336 e. The smallest absolute Gasteiger partial charge is 0.257 e. The fourth-order valence-electron chi connectivity index (χ4n) is 0.708. The van der Waals surface area contributed by atoms with Crippen molar-refractivity contribution in [3.63, 3.8) is 0 Å². The molecule has 0 rings (SSSR count). The Morgan fingerprint density at radius 2 is 2.00 bits per heavy atom. The summed E-state index contributed by atoms with van der Waals surface area (Å²) in [7, 11) is 1.53. The van der Waals surface area contributed by atoms with E-state index in [1.54, 1.807) is 0 Å². The Labute approximate surface area is 66.4 Å². The molecule has 0 spiro atoms. The highest BCUT2D eigenvalue weighted by Crippen LogP contribution is 1.93. The number of nitrogens with zero attached hydrogens (tertiary/aromatic N) is 1. The Bertz CT molecular complexity index is 157. The van der Waals surface area contributed by atoms with E-state index in [-0.39, 0.29) is 12.5 Å². The van der Waals surface area contributed by atoms with Crippen LogP contribution in [0.4, 0.5) is 0 Å². The number of nitrogens with one attached hydrogen (secondary N) is 1. The maximum Gasteiger partial charge on any atom is 0.257 e. The fraction of sp³-hybridized carbons (Fsp3) is 0.714. The monoisotopic (exact) mass is 157 g/mol. The van der Waals surface area contributed by atoms with Gasteiger partial charge < -0.3 is 4.90 Å². The van der Waals surface area contributed by atoms with Crippen LogP contribution >= 0.6 is 0 Å². The number of carbonyl (C=O) groups excluding carboxylic acids is 2. The van der Waals surface area contributed by atoms with E-state index in [2.05, 4.69) is 0 Å². The van der Waals surface area contributed by atoms with Gasteiger partial charge in [0.1, 0.15) is 6.54 Å². The molecule has 0 aliphatic heterocycles. The molecule has 0 aromatic carbocycles. The zero-order valence-corrected chi connectivity index (χ0v) is 6.89. The third-order valence-electron chi connectivity index (χ3n) is 1.27. The van der Waals surface area contributed by atoms with Gasteiger partial charge in [-0.1, -0.05) is 6.92 Å². The summed E-state index contributed by atoms with van der Waals surface area (Å²) in [5.74, 6) is -0.801. The number of amides is 2. The minimum absolute atomic E-state index is 0.0758. The molecule has 1 N–H and O–H groups in total. The van der Waals surface area contributed by atoms with Gasteiger partial charge in [0, 0.05) is 13.5 Å². The second-order valence-electron chi connectivity index (χ2n) is 2.42. The summed E-state index contributed by atoms with van der Waals surface area (Å²) in [6.07, 6.45) is 1.22. The second-order valence-corrected chi connectivity index (χ2v) is 2.42. The highest BCUT2D eigenvalue weighted by atomic mass is 16.2. The van der Waals surface area contributed by atoms with Gasteiger partial charge >= 0.3 is 0 Å². The summed E-state index contributed by atoms with van der Waals surface area (Å²) in [5.41, 5.74) is 6.60. The summed E-state index contributed by atoms with van der Waals surface area (Å²) < 4.78 is 0. The van der Waals surface area contributed by atoms with Crippen LogP contribution in [0.1, 0.15) is 19.8 Å². The minimum atomic E-state index is -0.725. The van der Waals surface area contributed by atoms with Crippen molar-refractivity contribution in [1.82, 2.24) is 10.6 Å². The molecule has 0 aliphatic carbocycles. The van der Waals surface area contributed by atoms with E-state index in [1.807, 2.05) is 6.92 Å². The van der Waals surface area contributed by atoms with Gasteiger partial charge in [-0.2, -0.15) is 0 Å². The Balaban J connectivity index is 3.73. The van der Waals surface area contributed by atoms with Crippen LogP contribution in [0, 0.1) is 0 Å². The zero-order chi connectivity index (χ0) is 8.85. The van der Waals surface area contributed by atoms with Crippen LogP contribution in [0.15, 0.2) is 0 Å². The van der Waals surface area contributed by atoms with Crippen molar-refractivity contribution in [3.05, 3.63) is 0 Å². The van der Waals surface area contributed by atoms with E-state index in [0.29, 0.717) is 6.42 Å². The van der Waals surface area contributed by atoms with Crippen LogP contribution in [0.5, 0.6) is 0 Å². The molecule has 0 aromatic heterocycles. The van der Waals surface area contributed by atoms with Gasteiger partial charge in [0.15, 0.2) is 0 Å². The topological polar surface area (TPSA) is 61.2 Å². The van der Waals surface area contributed by atoms with Crippen molar-refractivity contribution in [2.45, 2.75) is 19.8 Å². The van der Waals surface area contributed by atoms with Crippen molar-refractivity contribution in [1.29, 1.82) is 0 Å². The predicted molar refractivity (Wildman–Crippen MR) is 40.6 cm³/mol. The summed E-state index contributed by atoms with van der Waals surface area (Å²) in [4.78, 5) is 22.5. The molecule has 4 nitrogen and oxygen atoms in total. The summed E-state index contributed by atoms with van der Waals surface area (Å²) in [5, 5.41) is 0. The number of rotatable bonds is 4. The van der Waals surface area contributed by atoms with Gasteiger partial charge in [-0.05, 0) is 6.42 Å². The van der Waals surface area contributed by atoms with Crippen molar-refractivity contribution in [2.24, 2.45) is 0 Å². The molecule has 11 heavy (non-hydrogen) atoms. The van der Waals surface area contributed by atoms with Crippen LogP contribution in [-0.2, 0) is 9.59 Å². The van der Waals surface area contributed by atoms with E-state index in [4.69, 9.17) is 5.73 Å². The Kier molecular flexibility index (Phi) is 4.26. The van der Waals surface area contributed by atoms with Gasteiger partial charge in [-0.3, -0.25) is 15.3 Å². The van der Waals surface area contributed by atoms with Crippen molar-refractivity contribution in [3.8, 4) is 0 Å². The number of carbonyl (C=O) groups is 2. The van der Waals surface area contributed by atoms with Crippen molar-refractivity contribution in [2.75, 3.05) is 13.6 Å². The first-order chi connectivity index (χ1) is 5.07. The van der Waals surface area contributed by atoms with Crippen LogP contribution < -0.4 is 5.73 Å². The molecular formula is C7H13N2O2. The van der Waals surface area contributed by atoms with Crippen LogP contribution in [0.25, 0.3) is 0 Å². The molecule has 0 saturated carbocycles. The number of hydrogen-bond donors (Lipinski definition) is 0. The Morgan fingerprint density at radius 1 is 1.45 bits per heavy atom. The maximum atomic E-state index is 11.0. The SMILES string of the molecule is CCCC(=O)N(C)CC([NH])=O. The molecule has 0 bridgehead atoms. The second kappa shape index (κ2) is 4.71. The lowest BCUT2D eigenvalue weighted by atomic mass is 10.3. The predicted octanol–water partition coefficient (Wildman–Crippen LogP) is 0.0544. The average molecular weight is 157 g/mol. The van der Waals surface area contributed by atoms with Gasteiger partial charge in [-0.25, -0.2) is 0 Å². The molecule has 0 unspecified atom stereocenters. The lowest BCUT2D eigenvalue weighted by molar-refractivity contribution is -0.134. The van der Waals surface area contributed by atoms with Gasteiger partial charge in [0.25, 0.3) is 5.91 Å². The number of likely N-dealkylation sites (N-methyl/N-ethyl adjacent to an activating group) is 1. The minimum Gasteiger partial charge on any atom is -0.336 e. The molecule has 4 heteroatoms. The quantitative estimate of drug-likeness (QED) is 0.579. The zero-order valence-electron chi connectivity index (χ0n) is 6.89. The van der Waals surface area contributed by atoms with Gasteiger partial charge in [-0.15, -0.1) is 0 Å². The van der Waals surface area contributed by atoms with E-state index in [1.165, 1.54) is 11.9 Å². The van der Waals surface area contributed by atoms with E-state index in [0.717, 1.165) is 6.42 Å². The van der Waals surface area contributed by atoms with E-state index >= 15 is 0 Å². The maximum absolute atomic E-state index is 11.0. The van der Waals surface area contributed by atoms with Gasteiger partial charge in [0.05, 0.1) is 0 Å². The Morgan fingerprint density at radius 3 is 2.36 bits per heavy atom. The highest BCUT2D eigenvalue weighted by Gasteiger charge is 2.08. The molecule has 2 amide bonds. The molecular weight excluding hydrogens is 144 g/mol. The Hall–Kier alpha value is -1.06. The van der Waals surface area contributed by atoms with Crippen molar-refractivity contribution < 1.29 is 9.59 Å². The fourth-order valence-corrected chi connectivity index (χ4v) is 0.708.